The van der Waals surface area contributed by atoms with Crippen molar-refractivity contribution in [3.63, 3.8) is 0 Å². The van der Waals surface area contributed by atoms with E-state index in [9.17, 15) is 20.1 Å². The van der Waals surface area contributed by atoms with Crippen molar-refractivity contribution in [3.8, 4) is 0 Å². The lowest BCUT2D eigenvalue weighted by molar-refractivity contribution is -0.777. The number of rotatable bonds is 30. The fraction of sp³-hybridized carbons (Fsp3) is 0.405. The average molecular weight is 1590 g/mol. The summed E-state index contributed by atoms with van der Waals surface area (Å²) in [5, 5.41) is 34.0. The summed E-state index contributed by atoms with van der Waals surface area (Å²) in [6, 6.07) is 23.9. The van der Waals surface area contributed by atoms with E-state index < -0.39 is 23.4 Å². The molecule has 28 heteroatoms. The molecule has 0 atom stereocenters. The van der Waals surface area contributed by atoms with Gasteiger partial charge >= 0.3 is 12.2 Å². The van der Waals surface area contributed by atoms with Gasteiger partial charge in [0.15, 0.2) is 25.4 Å². The number of allylic oxidation sites excluding steroid dienone is 10. The quantitative estimate of drug-likeness (QED) is 0.0137. The Hall–Kier alpha value is -5.04. The summed E-state index contributed by atoms with van der Waals surface area (Å²) in [5.74, 6) is 0.643. The van der Waals surface area contributed by atoms with Gasteiger partial charge in [0.2, 0.25) is 11.0 Å². The van der Waals surface area contributed by atoms with E-state index in [2.05, 4.69) is 117 Å². The maximum atomic E-state index is 13.5. The highest BCUT2D eigenvalue weighted by molar-refractivity contribution is 8.04. The molecule has 0 unspecified atom stereocenters. The minimum atomic E-state index is -0.650. The number of amides is 2. The molecule has 0 N–H and O–H groups in total. The third kappa shape index (κ3) is 22.5. The largest absolute Gasteiger partial charge is 0.691 e. The number of carbonyl (C=O) groups excluding carboxylic acids is 2. The Balaban J connectivity index is 0.000000237. The van der Waals surface area contributed by atoms with Crippen LogP contribution in [0, 0.1) is 0 Å². The molecule has 4 aliphatic rings. The molecule has 0 saturated carbocycles. The monoisotopic (exact) mass is 1580 g/mol. The summed E-state index contributed by atoms with van der Waals surface area (Å²) in [4.78, 5) is 37.1. The standard InChI is InChI=1S/C38H45Cl2N3O5S3.C36H41Cl2N3O7S3/c1-6-7-8-21-42-30-24-28(39)15-17-32(30)50-34(42)19-13-26-11-12-27(36(26)41(5)37(44)46-38(2,3)4)14-20-35-43(22-9-10-23-49-48-47-45)31-25-29(40)16-18-33(31)51-35;1-36(2,3)46-35(42)39(4)34-24(10-16-32-40(18-6-20-44-5)28-22-26(37)12-14-30(28)49-32)8-9-25(34)11-17-33-41(19-7-21-45-51-48-47-43)29-23-27(38)13-15-31(29)50-33/h13-20,24-25H,6-12,21-23H2,1-5H3;10-17,22-23H,6-9,18-21H2,1-5H3. The number of hydrogen-bond acceptors (Lipinski definition) is 20. The fourth-order valence-electron chi connectivity index (χ4n) is 11.9. The summed E-state index contributed by atoms with van der Waals surface area (Å²) in [6.07, 6.45) is 26.0. The molecule has 0 radical (unpaired) electrons. The van der Waals surface area contributed by atoms with Crippen LogP contribution in [0.15, 0.2) is 163 Å². The van der Waals surface area contributed by atoms with Crippen molar-refractivity contribution < 1.29 is 66.4 Å². The normalized spacial score (nSPS) is 16.4. The number of hydrogen-bond donors (Lipinski definition) is 0. The van der Waals surface area contributed by atoms with Crippen molar-refractivity contribution in [1.29, 1.82) is 0 Å². The van der Waals surface area contributed by atoms with Gasteiger partial charge in [-0.25, -0.2) is 9.59 Å². The Labute approximate surface area is 643 Å². The van der Waals surface area contributed by atoms with Crippen LogP contribution in [-0.2, 0) is 50.2 Å². The molecule has 0 spiro atoms. The number of methoxy groups -OCH3 is 1. The van der Waals surface area contributed by atoms with Crippen LogP contribution in [0.25, 0.3) is 32.6 Å². The Kier molecular flexibility index (Phi) is 31.0. The number of likely N-dealkylation sites (N-methyl/N-ethyl adjacent to an activating group) is 2. The molecule has 4 heterocycles. The number of thiazole rings is 2. The summed E-state index contributed by atoms with van der Waals surface area (Å²) in [5.41, 5.74) is 8.92. The predicted molar refractivity (Wildman–Crippen MR) is 414 cm³/mol. The highest BCUT2D eigenvalue weighted by Gasteiger charge is 2.33. The minimum absolute atomic E-state index is 0.335. The number of ether oxygens (including phenoxy) is 3. The first-order chi connectivity index (χ1) is 49.0. The van der Waals surface area contributed by atoms with Gasteiger partial charge in [-0.15, -0.1) is 4.33 Å². The molecule has 2 aromatic heterocycles. The second-order valence-corrected chi connectivity index (χ2v) is 33.4. The number of thioether (sulfide) groups is 2. The third-order valence-corrected chi connectivity index (χ3v) is 22.8. The molecule has 102 heavy (non-hydrogen) atoms. The van der Waals surface area contributed by atoms with Crippen molar-refractivity contribution in [2.24, 2.45) is 0 Å². The Morgan fingerprint density at radius 1 is 0.578 bits per heavy atom. The third-order valence-electron chi connectivity index (χ3n) is 16.4. The first-order valence-electron chi connectivity index (χ1n) is 33.6. The van der Waals surface area contributed by atoms with Gasteiger partial charge in [-0.1, -0.05) is 118 Å². The van der Waals surface area contributed by atoms with Gasteiger partial charge in [-0.3, -0.25) is 24.1 Å². The molecular formula is C74H86Cl4N6O12S6. The van der Waals surface area contributed by atoms with Crippen LogP contribution in [0.2, 0.25) is 20.1 Å². The summed E-state index contributed by atoms with van der Waals surface area (Å²) < 4.78 is 37.7. The van der Waals surface area contributed by atoms with Crippen LogP contribution in [0.5, 0.6) is 0 Å². The lowest BCUT2D eigenvalue weighted by atomic mass is 10.1. The number of aryl methyl sites for hydroxylation is 2. The zero-order valence-corrected chi connectivity index (χ0v) is 66.7. The molecule has 0 saturated heterocycles. The predicted octanol–water partition coefficient (Wildman–Crippen LogP) is 19.7. The molecule has 6 aromatic rings. The number of unbranched alkanes of at least 4 members (excludes halogenated alkanes) is 3. The second-order valence-electron chi connectivity index (χ2n) is 26.1. The molecule has 4 aromatic carbocycles. The van der Waals surface area contributed by atoms with E-state index in [1.54, 1.807) is 77.2 Å². The molecule has 2 aliphatic heterocycles. The summed E-state index contributed by atoms with van der Waals surface area (Å²) >= 11 is 34.0. The topological polar surface area (TPSA) is 175 Å². The van der Waals surface area contributed by atoms with Crippen LogP contribution in [-0.4, -0.2) is 86.4 Å². The Bertz CT molecular complexity index is 4200. The van der Waals surface area contributed by atoms with Gasteiger partial charge in [0, 0.05) is 126 Å². The van der Waals surface area contributed by atoms with Crippen LogP contribution in [0.3, 0.4) is 0 Å². The van der Waals surface area contributed by atoms with E-state index in [-0.39, 0.29) is 0 Å². The first kappa shape index (κ1) is 81.0. The van der Waals surface area contributed by atoms with Gasteiger partial charge in [0.1, 0.15) is 20.6 Å². The molecule has 10 rings (SSSR count). The van der Waals surface area contributed by atoms with Crippen molar-refractivity contribution in [3.05, 3.63) is 183 Å². The van der Waals surface area contributed by atoms with Gasteiger partial charge in [-0.2, -0.15) is 13.5 Å². The number of benzene rings is 4. The number of fused-ring (bicyclic) bond motifs is 4. The average Bonchev–Trinajstić information content (AvgIpc) is 1.66. The highest BCUT2D eigenvalue weighted by Crippen LogP contribution is 2.49. The second kappa shape index (κ2) is 39.0. The molecule has 548 valence electrons. The Morgan fingerprint density at radius 2 is 1.05 bits per heavy atom. The van der Waals surface area contributed by atoms with Gasteiger partial charge in [-0.05, 0) is 200 Å². The van der Waals surface area contributed by atoms with Crippen LogP contribution < -0.4 is 29.4 Å². The van der Waals surface area contributed by atoms with E-state index in [0.717, 1.165) is 192 Å². The zero-order chi connectivity index (χ0) is 73.1. The van der Waals surface area contributed by atoms with Gasteiger partial charge in [0.25, 0.3) is 10.0 Å². The maximum absolute atomic E-state index is 13.5. The number of aromatic nitrogens is 2. The lowest BCUT2D eigenvalue weighted by Gasteiger charge is -2.26. The number of anilines is 2. The van der Waals surface area contributed by atoms with Gasteiger partial charge < -0.3 is 34.5 Å². The van der Waals surface area contributed by atoms with E-state index in [0.29, 0.717) is 59.3 Å². The fourth-order valence-corrected chi connectivity index (χ4v) is 17.5. The van der Waals surface area contributed by atoms with Crippen molar-refractivity contribution >= 4 is 173 Å². The smallest absolute Gasteiger partial charge is 0.414 e. The lowest BCUT2D eigenvalue weighted by Crippen LogP contribution is -2.35. The van der Waals surface area contributed by atoms with Crippen LogP contribution in [0.4, 0.5) is 21.0 Å². The van der Waals surface area contributed by atoms with E-state index in [4.69, 9.17) is 64.8 Å². The van der Waals surface area contributed by atoms with E-state index >= 15 is 0 Å². The van der Waals surface area contributed by atoms with Crippen molar-refractivity contribution in [2.45, 2.75) is 153 Å². The number of nitrogens with zero attached hydrogens (tertiary/aromatic N) is 6. The molecule has 18 nitrogen and oxygen atoms in total. The number of halogens is 4. The number of carbonyl (C=O) groups is 2. The molecule has 2 amide bonds. The molecule has 0 bridgehead atoms. The summed E-state index contributed by atoms with van der Waals surface area (Å²) in [6.45, 7) is 17.5. The van der Waals surface area contributed by atoms with E-state index in [1.165, 1.54) is 4.70 Å². The zero-order valence-electron chi connectivity index (χ0n) is 58.8. The molecule has 2 aliphatic carbocycles. The SMILES string of the molecule is CCCCC[n+]1c(C=CC2=C(N(C)C(=O)OC(C)(C)C)C(=CC=C3Sc4ccc(Cl)cc4N3CCCCSOO[O-])CC2)sc2ccc(Cl)cc21.COCCCN1/C(=C/C=C2CCC(/C=C/c3sc4ccc(Cl)cc4[n+]3CCCOSOO[O-])=C2N(C)C(=O)OC(C)(C)C)Sc2ccc(Cl)cc21. The first-order valence-corrected chi connectivity index (χ1v) is 40.0. The summed E-state index contributed by atoms with van der Waals surface area (Å²) in [7, 11) is 5.27. The Morgan fingerprint density at radius 3 is 1.52 bits per heavy atom. The maximum Gasteiger partial charge on any atom is 0.414 e. The minimum Gasteiger partial charge on any atom is -0.691 e. The van der Waals surface area contributed by atoms with Crippen molar-refractivity contribution in [2.75, 3.05) is 63.1 Å². The van der Waals surface area contributed by atoms with Crippen LogP contribution >= 0.6 is 117 Å². The molecule has 0 fully saturated rings. The van der Waals surface area contributed by atoms with Gasteiger partial charge in [0.05, 0.1) is 39.4 Å². The van der Waals surface area contributed by atoms with E-state index in [1.807, 2.05) is 90.1 Å². The van der Waals surface area contributed by atoms with Crippen LogP contribution in [0.1, 0.15) is 129 Å². The highest BCUT2D eigenvalue weighted by atomic mass is 35.5. The molecular weight excluding hydrogens is 1500 g/mol. The van der Waals surface area contributed by atoms with Crippen molar-refractivity contribution in [1.82, 2.24) is 9.80 Å².